The lowest BCUT2D eigenvalue weighted by atomic mass is 9.78. The number of aliphatic carboxylic acids is 1. The lowest BCUT2D eigenvalue weighted by molar-refractivity contribution is -0.131. The Labute approximate surface area is 179 Å². The Morgan fingerprint density at radius 2 is 1.70 bits per heavy atom. The van der Waals surface area contributed by atoms with Crippen LogP contribution in [0.2, 0.25) is 0 Å². The molecule has 5 heteroatoms. The number of ether oxygens (including phenoxy) is 1. The second kappa shape index (κ2) is 10.1. The van der Waals surface area contributed by atoms with E-state index in [2.05, 4.69) is 20.8 Å². The molecule has 0 aromatic heterocycles. The van der Waals surface area contributed by atoms with Crippen LogP contribution in [0.5, 0.6) is 5.75 Å². The van der Waals surface area contributed by atoms with Gasteiger partial charge < -0.3 is 9.84 Å². The first-order valence-electron chi connectivity index (χ1n) is 9.99. The summed E-state index contributed by atoms with van der Waals surface area (Å²) in [4.78, 5) is 10.8. The Morgan fingerprint density at radius 3 is 2.17 bits per heavy atom. The molecule has 0 aliphatic heterocycles. The van der Waals surface area contributed by atoms with Crippen molar-refractivity contribution in [2.75, 3.05) is 6.61 Å². The van der Waals surface area contributed by atoms with Gasteiger partial charge >= 0.3 is 5.97 Å². The minimum absolute atomic E-state index is 0.132. The van der Waals surface area contributed by atoms with Crippen molar-refractivity contribution in [3.05, 3.63) is 58.7 Å². The molecule has 1 aromatic rings. The van der Waals surface area contributed by atoms with Gasteiger partial charge in [-0.3, -0.25) is 0 Å². The van der Waals surface area contributed by atoms with Crippen molar-refractivity contribution in [2.45, 2.75) is 72.6 Å². The van der Waals surface area contributed by atoms with Crippen LogP contribution in [0.25, 0.3) is 5.57 Å². The largest absolute Gasteiger partial charge is 0.487 e. The van der Waals surface area contributed by atoms with Gasteiger partial charge in [-0.25, -0.2) is 13.6 Å². The Bertz CT molecular complexity index is 848. The number of carboxylic acid groups (broad SMARTS) is 1. The summed E-state index contributed by atoms with van der Waals surface area (Å²) in [6.07, 6.45) is 3.83. The van der Waals surface area contributed by atoms with Gasteiger partial charge in [0.2, 0.25) is 0 Å². The first-order chi connectivity index (χ1) is 13.6. The summed E-state index contributed by atoms with van der Waals surface area (Å²) >= 11 is 0. The normalized spacial score (nSPS) is 14.0. The van der Waals surface area contributed by atoms with Gasteiger partial charge in [-0.1, -0.05) is 65.8 Å². The number of rotatable bonds is 7. The zero-order valence-electron chi connectivity index (χ0n) is 19.3. The SMILES string of the molecule is CC(=C/C(=O)O)/C=C/C=C(\C)c1cc(C(C)(C)C)cc(C(C)(C)C)c1OCC(F)F. The second-order valence-electron chi connectivity index (χ2n) is 9.54. The fraction of sp³-hybridized carbons (Fsp3) is 0.480. The molecule has 0 unspecified atom stereocenters. The van der Waals surface area contributed by atoms with Crippen LogP contribution in [0.4, 0.5) is 8.78 Å². The number of halogens is 2. The van der Waals surface area contributed by atoms with E-state index in [1.807, 2.05) is 45.9 Å². The molecule has 1 N–H and O–H groups in total. The van der Waals surface area contributed by atoms with Crippen molar-refractivity contribution in [2.24, 2.45) is 0 Å². The summed E-state index contributed by atoms with van der Waals surface area (Å²) in [6, 6.07) is 4.04. The molecule has 0 atom stereocenters. The average Bonchev–Trinajstić information content (AvgIpc) is 2.56. The lowest BCUT2D eigenvalue weighted by Gasteiger charge is -2.29. The van der Waals surface area contributed by atoms with Crippen molar-refractivity contribution in [1.29, 1.82) is 0 Å². The average molecular weight is 421 g/mol. The van der Waals surface area contributed by atoms with Crippen LogP contribution < -0.4 is 4.74 Å². The molecule has 0 heterocycles. The molecule has 0 saturated carbocycles. The maximum atomic E-state index is 12.9. The van der Waals surface area contributed by atoms with E-state index in [0.717, 1.165) is 28.3 Å². The van der Waals surface area contributed by atoms with Crippen LogP contribution in [-0.2, 0) is 15.6 Å². The number of hydrogen-bond donors (Lipinski definition) is 1. The highest BCUT2D eigenvalue weighted by molar-refractivity contribution is 5.81. The molecule has 0 spiro atoms. The molecule has 0 radical (unpaired) electrons. The van der Waals surface area contributed by atoms with E-state index in [-0.39, 0.29) is 10.8 Å². The first-order valence-corrected chi connectivity index (χ1v) is 9.99. The third-order valence-corrected chi connectivity index (χ3v) is 4.60. The lowest BCUT2D eigenvalue weighted by Crippen LogP contribution is -2.20. The van der Waals surface area contributed by atoms with Crippen LogP contribution in [0, 0.1) is 0 Å². The van der Waals surface area contributed by atoms with E-state index in [4.69, 9.17) is 9.84 Å². The Morgan fingerprint density at radius 1 is 1.10 bits per heavy atom. The quantitative estimate of drug-likeness (QED) is 0.385. The van der Waals surface area contributed by atoms with Gasteiger partial charge in [0, 0.05) is 17.2 Å². The van der Waals surface area contributed by atoms with E-state index in [1.54, 1.807) is 19.1 Å². The molecule has 1 aromatic carbocycles. The molecule has 0 fully saturated rings. The predicted octanol–water partition coefficient (Wildman–Crippen LogP) is 6.92. The summed E-state index contributed by atoms with van der Waals surface area (Å²) in [6.45, 7) is 15.3. The molecule has 0 bridgehead atoms. The number of carboxylic acids is 1. The van der Waals surface area contributed by atoms with Gasteiger partial charge in [-0.15, -0.1) is 0 Å². The second-order valence-corrected chi connectivity index (χ2v) is 9.54. The molecule has 30 heavy (non-hydrogen) atoms. The molecule has 3 nitrogen and oxygen atoms in total. The third-order valence-electron chi connectivity index (χ3n) is 4.60. The first kappa shape index (κ1) is 25.6. The standard InChI is InChI=1S/C25H34F2O3/c1-16(12-22(28)29)10-9-11-17(2)19-13-18(24(3,4)5)14-20(25(6,7)8)23(19)30-15-21(26)27/h9-14,21H,15H2,1-8H3,(H,28,29)/b10-9+,16-12-,17-11+. The minimum Gasteiger partial charge on any atom is -0.487 e. The maximum Gasteiger partial charge on any atom is 0.328 e. The van der Waals surface area contributed by atoms with Crippen LogP contribution >= 0.6 is 0 Å². The fourth-order valence-corrected chi connectivity index (χ4v) is 2.89. The number of hydrogen-bond acceptors (Lipinski definition) is 2. The molecule has 0 saturated heterocycles. The van der Waals surface area contributed by atoms with Crippen molar-refractivity contribution in [3.8, 4) is 5.75 Å². The highest BCUT2D eigenvalue weighted by Crippen LogP contribution is 2.41. The van der Waals surface area contributed by atoms with E-state index >= 15 is 0 Å². The van der Waals surface area contributed by atoms with Crippen LogP contribution in [0.15, 0.2) is 42.0 Å². The summed E-state index contributed by atoms with van der Waals surface area (Å²) < 4.78 is 31.5. The summed E-state index contributed by atoms with van der Waals surface area (Å²) in [5, 5.41) is 8.82. The minimum atomic E-state index is -2.57. The third kappa shape index (κ3) is 7.77. The zero-order valence-corrected chi connectivity index (χ0v) is 19.3. The Kier molecular flexibility index (Phi) is 8.58. The van der Waals surface area contributed by atoms with Gasteiger partial charge in [0.1, 0.15) is 12.4 Å². The van der Waals surface area contributed by atoms with Crippen molar-refractivity contribution >= 4 is 11.5 Å². The van der Waals surface area contributed by atoms with Crippen LogP contribution in [-0.4, -0.2) is 24.1 Å². The van der Waals surface area contributed by atoms with E-state index in [0.29, 0.717) is 11.3 Å². The van der Waals surface area contributed by atoms with E-state index in [9.17, 15) is 13.6 Å². The van der Waals surface area contributed by atoms with Crippen LogP contribution in [0.3, 0.4) is 0 Å². The number of benzene rings is 1. The highest BCUT2D eigenvalue weighted by Gasteiger charge is 2.27. The van der Waals surface area contributed by atoms with Crippen LogP contribution in [0.1, 0.15) is 72.1 Å². The van der Waals surface area contributed by atoms with Crippen molar-refractivity contribution in [3.63, 3.8) is 0 Å². The Hall–Kier alpha value is -2.43. The molecule has 1 rings (SSSR count). The number of alkyl halides is 2. The Balaban J connectivity index is 3.63. The summed E-state index contributed by atoms with van der Waals surface area (Å²) in [5.74, 6) is -0.538. The smallest absolute Gasteiger partial charge is 0.328 e. The van der Waals surface area contributed by atoms with Gasteiger partial charge in [0.05, 0.1) is 0 Å². The van der Waals surface area contributed by atoms with E-state index in [1.165, 1.54) is 0 Å². The summed E-state index contributed by atoms with van der Waals surface area (Å²) in [5.41, 5.74) is 3.74. The fourth-order valence-electron chi connectivity index (χ4n) is 2.89. The van der Waals surface area contributed by atoms with Gasteiger partial charge in [0.15, 0.2) is 0 Å². The molecule has 166 valence electrons. The highest BCUT2D eigenvalue weighted by atomic mass is 19.3. The van der Waals surface area contributed by atoms with Crippen molar-refractivity contribution in [1.82, 2.24) is 0 Å². The number of allylic oxidation sites excluding steroid dienone is 5. The predicted molar refractivity (Wildman–Crippen MR) is 120 cm³/mol. The molecule has 0 aliphatic rings. The van der Waals surface area contributed by atoms with E-state index < -0.39 is 19.0 Å². The summed E-state index contributed by atoms with van der Waals surface area (Å²) in [7, 11) is 0. The molecular formula is C25H34F2O3. The monoisotopic (exact) mass is 420 g/mol. The topological polar surface area (TPSA) is 46.5 Å². The van der Waals surface area contributed by atoms with Crippen molar-refractivity contribution < 1.29 is 23.4 Å². The number of carbonyl (C=O) groups is 1. The molecule has 0 aliphatic carbocycles. The van der Waals surface area contributed by atoms with Gasteiger partial charge in [0.25, 0.3) is 6.43 Å². The maximum absolute atomic E-state index is 12.9. The zero-order chi connectivity index (χ0) is 23.3. The molecule has 0 amide bonds. The molecular weight excluding hydrogens is 386 g/mol. The van der Waals surface area contributed by atoms with Gasteiger partial charge in [-0.05, 0) is 47.5 Å². The van der Waals surface area contributed by atoms with Gasteiger partial charge in [-0.2, -0.15) is 0 Å².